The molecular formula is C67H81BFeNaO7P3-. The van der Waals surface area contributed by atoms with Crippen molar-refractivity contribution in [3.8, 4) is 0 Å². The van der Waals surface area contributed by atoms with Gasteiger partial charge in [-0.05, 0) is 96.0 Å². The number of hydrogen-bond acceptors (Lipinski definition) is 5. The third-order valence-electron chi connectivity index (χ3n) is 13.6. The van der Waals surface area contributed by atoms with Crippen LogP contribution in [0.3, 0.4) is 0 Å². The molecule has 5 fully saturated rings. The molecule has 0 atom stereocenters. The van der Waals surface area contributed by atoms with E-state index in [4.69, 9.17) is 33.0 Å². The fourth-order valence-corrected chi connectivity index (χ4v) is 19.1. The van der Waals surface area contributed by atoms with Crippen LogP contribution in [0.15, 0.2) is 212 Å². The van der Waals surface area contributed by atoms with Crippen LogP contribution < -0.4 is 37.3 Å². The minimum atomic E-state index is -1.14. The fourth-order valence-electron chi connectivity index (χ4n) is 9.68. The van der Waals surface area contributed by atoms with Crippen LogP contribution in [-0.4, -0.2) is 120 Å². The quantitative estimate of drug-likeness (QED) is 0.0497. The van der Waals surface area contributed by atoms with Gasteiger partial charge in [-0.15, -0.1) is 18.2 Å². The SMILES string of the molecule is C1CCOC1.C1CCOC1.C1CCOC1.C1CCOC1.C1CCOC1.[C-]#[O+].[C-]#[O+].[Fe].[Na].c1ccc(P(C[B-](CP(c2ccccc2)c2ccccc2)(CP(c2ccccc2)c2ccccc2)c2ccccc2)c2ccccc2)cc1. The van der Waals surface area contributed by atoms with Gasteiger partial charge in [-0.3, -0.25) is 0 Å². The maximum absolute atomic E-state index is 7.50. The first-order chi connectivity index (χ1) is 38.8. The zero-order valence-electron chi connectivity index (χ0n) is 47.1. The van der Waals surface area contributed by atoms with E-state index >= 15 is 0 Å². The van der Waals surface area contributed by atoms with Crippen LogP contribution in [0.25, 0.3) is 0 Å². The molecule has 1 radical (unpaired) electrons. The number of rotatable bonds is 13. The molecule has 5 heterocycles. The Balaban J connectivity index is 0.000000437. The zero-order valence-corrected chi connectivity index (χ0v) is 52.9. The molecule has 0 saturated carbocycles. The molecule has 12 rings (SSSR count). The predicted molar refractivity (Wildman–Crippen MR) is 338 cm³/mol. The van der Waals surface area contributed by atoms with Crippen molar-refractivity contribution in [2.75, 3.05) is 84.3 Å². The molecule has 0 aliphatic carbocycles. The van der Waals surface area contributed by atoms with Crippen LogP contribution in [0.1, 0.15) is 64.2 Å². The van der Waals surface area contributed by atoms with Crippen molar-refractivity contribution in [3.63, 3.8) is 0 Å². The summed E-state index contributed by atoms with van der Waals surface area (Å²) in [6.45, 7) is 19.0. The maximum atomic E-state index is 7.50. The van der Waals surface area contributed by atoms with Gasteiger partial charge in [-0.1, -0.05) is 236 Å². The van der Waals surface area contributed by atoms with Crippen molar-refractivity contribution in [2.45, 2.75) is 64.2 Å². The molecule has 0 unspecified atom stereocenters. The topological polar surface area (TPSA) is 86.0 Å². The van der Waals surface area contributed by atoms with E-state index in [1.807, 2.05) is 0 Å². The molecule has 5 aliphatic rings. The van der Waals surface area contributed by atoms with Gasteiger partial charge in [0.2, 0.25) is 0 Å². The molecule has 0 N–H and O–H groups in total. The van der Waals surface area contributed by atoms with Crippen LogP contribution in [0, 0.1) is 13.3 Å². The Morgan fingerprint density at radius 2 is 0.425 bits per heavy atom. The average Bonchev–Trinajstić information content (AvgIpc) is 4.40. The molecule has 0 amide bonds. The van der Waals surface area contributed by atoms with Gasteiger partial charge >= 0.3 is 22.6 Å². The number of ether oxygens (including phenoxy) is 5. The Labute approximate surface area is 516 Å². The summed E-state index contributed by atoms with van der Waals surface area (Å²) in [5.41, 5.74) is 1.51. The van der Waals surface area contributed by atoms with Gasteiger partial charge in [0.05, 0.1) is 0 Å². The summed E-state index contributed by atoms with van der Waals surface area (Å²) in [6, 6.07) is 83.2. The second-order valence-corrected chi connectivity index (χ2v) is 26.1. The van der Waals surface area contributed by atoms with Crippen LogP contribution in [0.2, 0.25) is 0 Å². The molecule has 13 heteroatoms. The van der Waals surface area contributed by atoms with E-state index in [9.17, 15) is 0 Å². The Hall–Kier alpha value is -3.31. The van der Waals surface area contributed by atoms with Crippen molar-refractivity contribution in [1.29, 1.82) is 0 Å². The Morgan fingerprint density at radius 3 is 0.562 bits per heavy atom. The third kappa shape index (κ3) is 26.9. The normalized spacial score (nSPS) is 14.7. The van der Waals surface area contributed by atoms with E-state index in [-0.39, 0.29) is 46.6 Å². The molecule has 7 aromatic carbocycles. The molecular weight excluding hydrogens is 1100 g/mol. The zero-order chi connectivity index (χ0) is 54.8. The predicted octanol–water partition coefficient (Wildman–Crippen LogP) is 11.9. The van der Waals surface area contributed by atoms with E-state index in [0.717, 1.165) is 84.3 Å². The summed E-state index contributed by atoms with van der Waals surface area (Å²) in [5.74, 6) is 0. The van der Waals surface area contributed by atoms with Crippen LogP contribution in [-0.2, 0) is 50.1 Å². The van der Waals surface area contributed by atoms with E-state index < -0.39 is 29.9 Å². The van der Waals surface area contributed by atoms with Crippen molar-refractivity contribution < 1.29 is 50.1 Å². The Kier molecular flexibility index (Phi) is 40.9. The molecule has 7 nitrogen and oxygen atoms in total. The summed E-state index contributed by atoms with van der Waals surface area (Å²) in [6.07, 6.45) is 11.6. The van der Waals surface area contributed by atoms with E-state index in [1.165, 1.54) is 101 Å². The van der Waals surface area contributed by atoms with E-state index in [0.29, 0.717) is 0 Å². The molecule has 0 aromatic heterocycles. The van der Waals surface area contributed by atoms with E-state index in [2.05, 4.69) is 226 Å². The summed E-state index contributed by atoms with van der Waals surface area (Å²) in [4.78, 5) is 0. The van der Waals surface area contributed by atoms with Gasteiger partial charge in [0.1, 0.15) is 0 Å². The van der Waals surface area contributed by atoms with Crippen molar-refractivity contribution >= 4 is 96.8 Å². The summed E-state index contributed by atoms with van der Waals surface area (Å²) < 4.78 is 39.7. The first-order valence-electron chi connectivity index (χ1n) is 28.0. The van der Waals surface area contributed by atoms with Gasteiger partial charge < -0.3 is 23.7 Å². The van der Waals surface area contributed by atoms with Gasteiger partial charge in [-0.25, -0.2) is 5.46 Å². The van der Waals surface area contributed by atoms with Crippen LogP contribution >= 0.6 is 23.8 Å². The molecule has 419 valence electrons. The summed E-state index contributed by atoms with van der Waals surface area (Å²) in [7, 11) is -1.95. The smallest absolute Gasteiger partial charge is 0.0432 e. The van der Waals surface area contributed by atoms with Crippen LogP contribution in [0.4, 0.5) is 0 Å². The van der Waals surface area contributed by atoms with Gasteiger partial charge in [0, 0.05) is 119 Å². The monoisotopic (exact) mass is 1180 g/mol. The minimum absolute atomic E-state index is 0. The number of benzene rings is 7. The van der Waals surface area contributed by atoms with Crippen molar-refractivity contribution in [1.82, 2.24) is 0 Å². The second kappa shape index (κ2) is 46.1. The minimum Gasteiger partial charge on any atom is -0.209 e. The maximum Gasteiger partial charge on any atom is 0.0432 e. The van der Waals surface area contributed by atoms with Crippen molar-refractivity contribution in [3.05, 3.63) is 226 Å². The average molecular weight is 1180 g/mol. The molecule has 5 saturated heterocycles. The first-order valence-corrected chi connectivity index (χ1v) is 32.6. The van der Waals surface area contributed by atoms with E-state index in [1.54, 1.807) is 0 Å². The molecule has 0 bridgehead atoms. The molecule has 5 aliphatic heterocycles. The fraction of sp³-hybridized carbons (Fsp3) is 0.343. The standard InChI is InChI=1S/C45H41BP3.5C4H8O.2CO.Fe.Na/c1-8-22-39(23-9-1)46(36-47(40-24-10-2-11-25-40)41-26-12-3-13-27-41,37-48(42-28-14-4-15-29-42)43-30-16-5-17-31-43)38-49(44-32-18-6-19-33-44)45-34-20-7-21-35-45;5*1-2-4-5-3-1;2*1-2;;/h1-35H,36-38H2;5*1-4H2;;;;/q-1;;;;;;;;;. The summed E-state index contributed by atoms with van der Waals surface area (Å²) >= 11 is 0. The largest absolute Gasteiger partial charge is 0.209 e. The second-order valence-electron chi connectivity index (χ2n) is 19.3. The Morgan fingerprint density at radius 1 is 0.275 bits per heavy atom. The molecule has 80 heavy (non-hydrogen) atoms. The number of hydrogen-bond donors (Lipinski definition) is 0. The van der Waals surface area contributed by atoms with Gasteiger partial charge in [-0.2, -0.15) is 0 Å². The van der Waals surface area contributed by atoms with Crippen LogP contribution in [0.5, 0.6) is 0 Å². The van der Waals surface area contributed by atoms with Crippen molar-refractivity contribution in [2.24, 2.45) is 0 Å². The first kappa shape index (κ1) is 71.0. The summed E-state index contributed by atoms with van der Waals surface area (Å²) in [5, 5.41) is 8.74. The van der Waals surface area contributed by atoms with Gasteiger partial charge in [0.25, 0.3) is 0 Å². The molecule has 7 aromatic rings. The Bertz CT molecular complexity index is 2120. The molecule has 0 spiro atoms. The van der Waals surface area contributed by atoms with Gasteiger partial charge in [0.15, 0.2) is 0 Å². The third-order valence-corrected chi connectivity index (χ3v) is 22.4.